The first-order valence-electron chi connectivity index (χ1n) is 6.31. The van der Waals surface area contributed by atoms with Crippen molar-refractivity contribution in [3.05, 3.63) is 33.8 Å². The lowest BCUT2D eigenvalue weighted by Gasteiger charge is -2.41. The molecule has 0 aromatic heterocycles. The first-order valence-corrected chi connectivity index (χ1v) is 7.10. The Kier molecular flexibility index (Phi) is 4.23. The van der Waals surface area contributed by atoms with Crippen LogP contribution in [0.3, 0.4) is 0 Å². The third-order valence-corrected chi connectivity index (χ3v) is 4.47. The summed E-state index contributed by atoms with van der Waals surface area (Å²) < 4.78 is 1.15. The van der Waals surface area contributed by atoms with Crippen LogP contribution >= 0.6 is 15.9 Å². The highest BCUT2D eigenvalue weighted by molar-refractivity contribution is 9.10. The molecule has 1 aromatic rings. The number of nitrogens with one attached hydrogen (secondary N) is 1. The topological polar surface area (TPSA) is 38.0 Å². The van der Waals surface area contributed by atoms with E-state index >= 15 is 0 Å². The smallest absolute Gasteiger partial charge is 0.0208 e. The van der Waals surface area contributed by atoms with Crippen LogP contribution < -0.4 is 11.1 Å². The van der Waals surface area contributed by atoms with E-state index in [0.29, 0.717) is 5.41 Å². The number of hydrogen-bond acceptors (Lipinski definition) is 2. The molecule has 2 rings (SSSR count). The summed E-state index contributed by atoms with van der Waals surface area (Å²) in [7, 11) is 0. The van der Waals surface area contributed by atoms with E-state index in [2.05, 4.69) is 46.4 Å². The van der Waals surface area contributed by atoms with E-state index in [1.807, 2.05) is 0 Å². The van der Waals surface area contributed by atoms with E-state index in [0.717, 1.165) is 24.1 Å². The Morgan fingerprint density at radius 3 is 2.76 bits per heavy atom. The molecule has 0 bridgehead atoms. The molecule has 1 aromatic carbocycles. The van der Waals surface area contributed by atoms with Crippen molar-refractivity contribution in [2.75, 3.05) is 13.1 Å². The average Bonchev–Trinajstić information content (AvgIpc) is 2.27. The largest absolute Gasteiger partial charge is 0.330 e. The Morgan fingerprint density at radius 2 is 2.18 bits per heavy atom. The first kappa shape index (κ1) is 13.1. The molecule has 3 N–H and O–H groups in total. The summed E-state index contributed by atoms with van der Waals surface area (Å²) in [4.78, 5) is 0. The van der Waals surface area contributed by atoms with Gasteiger partial charge in [0.15, 0.2) is 0 Å². The lowest BCUT2D eigenvalue weighted by molar-refractivity contribution is 0.140. The van der Waals surface area contributed by atoms with Gasteiger partial charge in [0.05, 0.1) is 0 Å². The Hall–Kier alpha value is -0.380. The van der Waals surface area contributed by atoms with Gasteiger partial charge in [0.25, 0.3) is 0 Å². The second-order valence-corrected chi connectivity index (χ2v) is 6.15. The van der Waals surface area contributed by atoms with Gasteiger partial charge >= 0.3 is 0 Å². The molecule has 1 fully saturated rings. The van der Waals surface area contributed by atoms with Crippen LogP contribution in [0.1, 0.15) is 30.4 Å². The summed E-state index contributed by atoms with van der Waals surface area (Å²) in [6.45, 7) is 4.96. The highest BCUT2D eigenvalue weighted by atomic mass is 79.9. The molecule has 3 heteroatoms. The van der Waals surface area contributed by atoms with Gasteiger partial charge in [0.1, 0.15) is 0 Å². The van der Waals surface area contributed by atoms with Crippen molar-refractivity contribution < 1.29 is 0 Å². The van der Waals surface area contributed by atoms with Gasteiger partial charge in [-0.3, -0.25) is 0 Å². The first-order chi connectivity index (χ1) is 8.15. The van der Waals surface area contributed by atoms with Crippen molar-refractivity contribution in [1.29, 1.82) is 0 Å². The van der Waals surface area contributed by atoms with Gasteiger partial charge < -0.3 is 11.1 Å². The standard InChI is InChI=1S/C14H21BrN2/c1-11-3-4-13(15)7-12(11)8-17-10-14(9-16)5-2-6-14/h3-4,7,17H,2,5-6,8-10,16H2,1H3. The summed E-state index contributed by atoms with van der Waals surface area (Å²) in [6.07, 6.45) is 3.91. The SMILES string of the molecule is Cc1ccc(Br)cc1CNCC1(CN)CCC1. The predicted octanol–water partition coefficient (Wildman–Crippen LogP) is 2.98. The zero-order valence-electron chi connectivity index (χ0n) is 10.4. The molecule has 17 heavy (non-hydrogen) atoms. The second kappa shape index (κ2) is 5.51. The number of aryl methyl sites for hydroxylation is 1. The van der Waals surface area contributed by atoms with E-state index < -0.39 is 0 Å². The molecule has 0 amide bonds. The molecular weight excluding hydrogens is 276 g/mol. The molecule has 0 unspecified atom stereocenters. The summed E-state index contributed by atoms with van der Waals surface area (Å²) in [5, 5.41) is 3.56. The number of hydrogen-bond donors (Lipinski definition) is 2. The lowest BCUT2D eigenvalue weighted by Crippen LogP contribution is -2.45. The molecule has 0 radical (unpaired) electrons. The molecule has 0 spiro atoms. The van der Waals surface area contributed by atoms with Crippen LogP contribution in [-0.4, -0.2) is 13.1 Å². The Balaban J connectivity index is 1.87. The molecule has 0 saturated heterocycles. The summed E-state index contributed by atoms with van der Waals surface area (Å²) in [5.41, 5.74) is 8.95. The van der Waals surface area contributed by atoms with Gasteiger partial charge in [-0.25, -0.2) is 0 Å². The quantitative estimate of drug-likeness (QED) is 0.877. The van der Waals surface area contributed by atoms with Crippen molar-refractivity contribution in [2.24, 2.45) is 11.1 Å². The molecule has 94 valence electrons. The van der Waals surface area contributed by atoms with E-state index in [9.17, 15) is 0 Å². The van der Waals surface area contributed by atoms with E-state index in [-0.39, 0.29) is 0 Å². The molecular formula is C14H21BrN2. The van der Waals surface area contributed by atoms with Gasteiger partial charge in [-0.1, -0.05) is 28.4 Å². The van der Waals surface area contributed by atoms with Crippen molar-refractivity contribution in [3.63, 3.8) is 0 Å². The number of benzene rings is 1. The Morgan fingerprint density at radius 1 is 1.41 bits per heavy atom. The average molecular weight is 297 g/mol. The van der Waals surface area contributed by atoms with Crippen LogP contribution in [0.5, 0.6) is 0 Å². The lowest BCUT2D eigenvalue weighted by atomic mass is 9.69. The fourth-order valence-electron chi connectivity index (χ4n) is 2.42. The summed E-state index contributed by atoms with van der Waals surface area (Å²) >= 11 is 3.52. The highest BCUT2D eigenvalue weighted by Gasteiger charge is 2.34. The van der Waals surface area contributed by atoms with Crippen molar-refractivity contribution in [3.8, 4) is 0 Å². The van der Waals surface area contributed by atoms with E-state index in [1.165, 1.54) is 30.4 Å². The predicted molar refractivity (Wildman–Crippen MR) is 75.9 cm³/mol. The van der Waals surface area contributed by atoms with E-state index in [4.69, 9.17) is 5.73 Å². The summed E-state index contributed by atoms with van der Waals surface area (Å²) in [6, 6.07) is 6.44. The number of rotatable bonds is 5. The van der Waals surface area contributed by atoms with Gasteiger partial charge in [-0.05, 0) is 55.0 Å². The molecule has 2 nitrogen and oxygen atoms in total. The third kappa shape index (κ3) is 3.09. The van der Waals surface area contributed by atoms with Crippen LogP contribution in [0.25, 0.3) is 0 Å². The fraction of sp³-hybridized carbons (Fsp3) is 0.571. The van der Waals surface area contributed by atoms with Crippen LogP contribution in [-0.2, 0) is 6.54 Å². The molecule has 0 atom stereocenters. The van der Waals surface area contributed by atoms with Gasteiger partial charge in [0.2, 0.25) is 0 Å². The zero-order valence-corrected chi connectivity index (χ0v) is 12.0. The van der Waals surface area contributed by atoms with Crippen molar-refractivity contribution >= 4 is 15.9 Å². The number of halogens is 1. The Bertz CT molecular complexity index is 380. The second-order valence-electron chi connectivity index (χ2n) is 5.23. The molecule has 0 heterocycles. The maximum Gasteiger partial charge on any atom is 0.0208 e. The van der Waals surface area contributed by atoms with Crippen LogP contribution in [0, 0.1) is 12.3 Å². The molecule has 1 aliphatic carbocycles. The van der Waals surface area contributed by atoms with E-state index in [1.54, 1.807) is 0 Å². The molecule has 0 aliphatic heterocycles. The summed E-state index contributed by atoms with van der Waals surface area (Å²) in [5.74, 6) is 0. The fourth-order valence-corrected chi connectivity index (χ4v) is 2.83. The maximum absolute atomic E-state index is 5.85. The van der Waals surface area contributed by atoms with Crippen LogP contribution in [0.15, 0.2) is 22.7 Å². The minimum atomic E-state index is 0.389. The molecule has 1 saturated carbocycles. The van der Waals surface area contributed by atoms with Crippen LogP contribution in [0.2, 0.25) is 0 Å². The third-order valence-electron chi connectivity index (χ3n) is 3.97. The minimum Gasteiger partial charge on any atom is -0.330 e. The van der Waals surface area contributed by atoms with Gasteiger partial charge in [-0.15, -0.1) is 0 Å². The Labute approximate surface area is 112 Å². The zero-order chi connectivity index (χ0) is 12.3. The van der Waals surface area contributed by atoms with Crippen molar-refractivity contribution in [2.45, 2.75) is 32.7 Å². The highest BCUT2D eigenvalue weighted by Crippen LogP contribution is 2.39. The normalized spacial score (nSPS) is 17.8. The maximum atomic E-state index is 5.85. The molecule has 1 aliphatic rings. The van der Waals surface area contributed by atoms with Crippen molar-refractivity contribution in [1.82, 2.24) is 5.32 Å². The minimum absolute atomic E-state index is 0.389. The monoisotopic (exact) mass is 296 g/mol. The number of nitrogens with two attached hydrogens (primary N) is 1. The van der Waals surface area contributed by atoms with Crippen LogP contribution in [0.4, 0.5) is 0 Å². The van der Waals surface area contributed by atoms with Gasteiger partial charge in [-0.2, -0.15) is 0 Å². The van der Waals surface area contributed by atoms with Gasteiger partial charge in [0, 0.05) is 17.6 Å².